The Balaban J connectivity index is 1.60. The number of rotatable bonds is 6. The number of hydrogen-bond acceptors (Lipinski definition) is 4. The molecule has 110 valence electrons. The molecule has 0 bridgehead atoms. The predicted molar refractivity (Wildman–Crippen MR) is 90.1 cm³/mol. The fraction of sp³-hybridized carbons (Fsp3) is 0.133. The number of hydrogen-bond donors (Lipinski definition) is 1. The summed E-state index contributed by atoms with van der Waals surface area (Å²) in [6.07, 6.45) is -0.449. The van der Waals surface area contributed by atoms with Gasteiger partial charge in [-0.2, -0.15) is 0 Å². The van der Waals surface area contributed by atoms with E-state index in [1.165, 1.54) is 16.5 Å². The maximum absolute atomic E-state index is 11.5. The van der Waals surface area contributed by atoms with Crippen LogP contribution in [0.5, 0.6) is 0 Å². The Kier molecular flexibility index (Phi) is 6.79. The van der Waals surface area contributed by atoms with E-state index in [4.69, 9.17) is 16.3 Å². The van der Waals surface area contributed by atoms with Gasteiger partial charge in [0.05, 0.1) is 0 Å². The molecule has 0 fully saturated rings. The number of benzene rings is 2. The number of carbonyl (C=O) groups is 1. The molecule has 0 saturated heterocycles. The molecule has 1 N–H and O–H groups in total. The fourth-order valence-electron chi connectivity index (χ4n) is 1.49. The standard InChI is InChI=1S/C15H14ClNO2S2/c16-14-8-6-12(7-9-14)10-19-15(18)17-21-20-11-13-4-2-1-3-5-13/h1-9H,10-11H2,(H,17,18). The van der Waals surface area contributed by atoms with E-state index in [1.54, 1.807) is 22.9 Å². The lowest BCUT2D eigenvalue weighted by molar-refractivity contribution is 0.147. The first kappa shape index (κ1) is 16.1. The molecule has 6 heteroatoms. The summed E-state index contributed by atoms with van der Waals surface area (Å²) in [7, 11) is 2.81. The van der Waals surface area contributed by atoms with Gasteiger partial charge in [0.1, 0.15) is 6.61 Å². The third-order valence-electron chi connectivity index (χ3n) is 2.54. The van der Waals surface area contributed by atoms with Crippen LogP contribution in [-0.4, -0.2) is 6.09 Å². The smallest absolute Gasteiger partial charge is 0.418 e. The number of ether oxygens (including phenoxy) is 1. The van der Waals surface area contributed by atoms with Crippen molar-refractivity contribution in [3.63, 3.8) is 0 Å². The Bertz CT molecular complexity index is 564. The highest BCUT2D eigenvalue weighted by Gasteiger charge is 2.03. The molecule has 0 aliphatic heterocycles. The minimum Gasteiger partial charge on any atom is -0.444 e. The highest BCUT2D eigenvalue weighted by molar-refractivity contribution is 8.75. The molecule has 0 unspecified atom stereocenters. The lowest BCUT2D eigenvalue weighted by Gasteiger charge is -2.06. The van der Waals surface area contributed by atoms with Gasteiger partial charge in [-0.15, -0.1) is 0 Å². The first-order valence-electron chi connectivity index (χ1n) is 6.23. The van der Waals surface area contributed by atoms with Crippen LogP contribution in [0, 0.1) is 0 Å². The van der Waals surface area contributed by atoms with E-state index in [1.807, 2.05) is 42.5 Å². The van der Waals surface area contributed by atoms with Gasteiger partial charge in [-0.1, -0.05) is 64.9 Å². The lowest BCUT2D eigenvalue weighted by atomic mass is 10.2. The minimum absolute atomic E-state index is 0.229. The molecule has 21 heavy (non-hydrogen) atoms. The quantitative estimate of drug-likeness (QED) is 0.453. The topological polar surface area (TPSA) is 38.3 Å². The van der Waals surface area contributed by atoms with E-state index in [0.717, 1.165) is 11.3 Å². The largest absolute Gasteiger partial charge is 0.444 e. The van der Waals surface area contributed by atoms with Crippen molar-refractivity contribution in [3.8, 4) is 0 Å². The van der Waals surface area contributed by atoms with Crippen LogP contribution in [0.2, 0.25) is 5.02 Å². The zero-order chi connectivity index (χ0) is 14.9. The molecule has 2 rings (SSSR count). The van der Waals surface area contributed by atoms with Crippen molar-refractivity contribution >= 4 is 39.5 Å². The van der Waals surface area contributed by atoms with E-state index in [0.29, 0.717) is 5.02 Å². The molecule has 3 nitrogen and oxygen atoms in total. The molecule has 0 heterocycles. The minimum atomic E-state index is -0.449. The predicted octanol–water partition coefficient (Wildman–Crippen LogP) is 5.06. The molecule has 0 atom stereocenters. The first-order chi connectivity index (χ1) is 10.2. The van der Waals surface area contributed by atoms with Gasteiger partial charge in [0, 0.05) is 21.8 Å². The molecule has 0 aliphatic carbocycles. The van der Waals surface area contributed by atoms with Crippen LogP contribution in [0.3, 0.4) is 0 Å². The summed E-state index contributed by atoms with van der Waals surface area (Å²) < 4.78 is 7.72. The molecule has 2 aromatic rings. The Morgan fingerprint density at radius 1 is 1.05 bits per heavy atom. The Morgan fingerprint density at radius 2 is 1.76 bits per heavy atom. The Labute approximate surface area is 136 Å². The maximum atomic E-state index is 11.5. The monoisotopic (exact) mass is 339 g/mol. The van der Waals surface area contributed by atoms with Crippen molar-refractivity contribution in [3.05, 3.63) is 70.7 Å². The summed E-state index contributed by atoms with van der Waals surface area (Å²) in [5.74, 6) is 0.822. The summed E-state index contributed by atoms with van der Waals surface area (Å²) in [5.41, 5.74) is 2.11. The van der Waals surface area contributed by atoms with Gasteiger partial charge in [-0.25, -0.2) is 4.79 Å². The van der Waals surface area contributed by atoms with Crippen LogP contribution in [0.4, 0.5) is 4.79 Å². The average Bonchev–Trinajstić information content (AvgIpc) is 2.52. The highest BCUT2D eigenvalue weighted by atomic mass is 35.5. The van der Waals surface area contributed by atoms with Gasteiger partial charge >= 0.3 is 6.09 Å². The molecule has 0 aliphatic rings. The summed E-state index contributed by atoms with van der Waals surface area (Å²) in [4.78, 5) is 11.5. The summed E-state index contributed by atoms with van der Waals surface area (Å²) >= 11 is 5.78. The van der Waals surface area contributed by atoms with Crippen LogP contribution in [0.25, 0.3) is 0 Å². The van der Waals surface area contributed by atoms with E-state index in [9.17, 15) is 4.79 Å². The number of nitrogens with one attached hydrogen (secondary N) is 1. The molecule has 0 radical (unpaired) electrons. The van der Waals surface area contributed by atoms with Gasteiger partial charge in [-0.3, -0.25) is 4.72 Å². The van der Waals surface area contributed by atoms with E-state index in [2.05, 4.69) is 4.72 Å². The fourth-order valence-corrected chi connectivity index (χ4v) is 3.16. The third-order valence-corrected chi connectivity index (χ3v) is 4.56. The van der Waals surface area contributed by atoms with E-state index >= 15 is 0 Å². The van der Waals surface area contributed by atoms with Crippen molar-refractivity contribution in [1.82, 2.24) is 4.72 Å². The highest BCUT2D eigenvalue weighted by Crippen LogP contribution is 2.22. The Hall–Kier alpha value is -1.30. The normalized spacial score (nSPS) is 10.1. The van der Waals surface area contributed by atoms with Crippen molar-refractivity contribution < 1.29 is 9.53 Å². The van der Waals surface area contributed by atoms with E-state index in [-0.39, 0.29) is 6.61 Å². The Morgan fingerprint density at radius 3 is 2.48 bits per heavy atom. The second kappa shape index (κ2) is 8.87. The molecule has 0 saturated carbocycles. The molecule has 1 amide bonds. The average molecular weight is 340 g/mol. The molecule has 2 aromatic carbocycles. The van der Waals surface area contributed by atoms with Crippen LogP contribution in [-0.2, 0) is 17.1 Å². The maximum Gasteiger partial charge on any atom is 0.418 e. The first-order valence-corrected chi connectivity index (χ1v) is 8.93. The zero-order valence-electron chi connectivity index (χ0n) is 11.1. The van der Waals surface area contributed by atoms with Crippen LogP contribution in [0.1, 0.15) is 11.1 Å². The summed E-state index contributed by atoms with van der Waals surface area (Å²) in [6, 6.07) is 17.3. The van der Waals surface area contributed by atoms with Crippen LogP contribution >= 0.6 is 33.4 Å². The van der Waals surface area contributed by atoms with Gasteiger partial charge in [0.15, 0.2) is 0 Å². The second-order valence-electron chi connectivity index (χ2n) is 4.14. The van der Waals surface area contributed by atoms with Crippen molar-refractivity contribution in [2.75, 3.05) is 0 Å². The summed E-state index contributed by atoms with van der Waals surface area (Å²) in [6.45, 7) is 0.229. The summed E-state index contributed by atoms with van der Waals surface area (Å²) in [5, 5.41) is 0.663. The molecule has 0 spiro atoms. The van der Waals surface area contributed by atoms with Gasteiger partial charge in [0.25, 0.3) is 0 Å². The van der Waals surface area contributed by atoms with Crippen molar-refractivity contribution in [2.45, 2.75) is 12.4 Å². The number of carbonyl (C=O) groups excluding carboxylic acids is 1. The second-order valence-corrected chi connectivity index (χ2v) is 6.67. The van der Waals surface area contributed by atoms with Crippen LogP contribution in [0.15, 0.2) is 54.6 Å². The van der Waals surface area contributed by atoms with Gasteiger partial charge in [0.2, 0.25) is 0 Å². The van der Waals surface area contributed by atoms with E-state index < -0.39 is 6.09 Å². The molecular weight excluding hydrogens is 326 g/mol. The van der Waals surface area contributed by atoms with Gasteiger partial charge in [-0.05, 0) is 23.3 Å². The van der Waals surface area contributed by atoms with Crippen molar-refractivity contribution in [2.24, 2.45) is 0 Å². The number of halogens is 1. The SMILES string of the molecule is O=C(NSSCc1ccccc1)OCc1ccc(Cl)cc1. The van der Waals surface area contributed by atoms with Crippen LogP contribution < -0.4 is 4.72 Å². The van der Waals surface area contributed by atoms with Gasteiger partial charge < -0.3 is 4.74 Å². The third kappa shape index (κ3) is 6.33. The lowest BCUT2D eigenvalue weighted by Crippen LogP contribution is -2.16. The zero-order valence-corrected chi connectivity index (χ0v) is 13.5. The van der Waals surface area contributed by atoms with Crippen molar-refractivity contribution in [1.29, 1.82) is 0 Å². The molecular formula is C15H14ClNO2S2. The molecule has 0 aromatic heterocycles. The number of amides is 1.